The molecule has 0 bridgehead atoms. The zero-order valence-corrected chi connectivity index (χ0v) is 12.7. The van der Waals surface area contributed by atoms with Crippen LogP contribution in [0.4, 0.5) is 0 Å². The normalized spacial score (nSPS) is 15.8. The van der Waals surface area contributed by atoms with Crippen LogP contribution in [0.1, 0.15) is 5.69 Å². The van der Waals surface area contributed by atoms with Crippen LogP contribution in [-0.2, 0) is 11.3 Å². The molecule has 0 spiro atoms. The van der Waals surface area contributed by atoms with Gasteiger partial charge in [-0.3, -0.25) is 9.69 Å². The van der Waals surface area contributed by atoms with Crippen LogP contribution in [0.15, 0.2) is 29.6 Å². The van der Waals surface area contributed by atoms with Crippen LogP contribution in [0.5, 0.6) is 5.75 Å². The van der Waals surface area contributed by atoms with Gasteiger partial charge in [-0.1, -0.05) is 0 Å². The number of ether oxygens (including phenoxy) is 1. The molecule has 5 nitrogen and oxygen atoms in total. The number of carbonyl (C=O) groups is 1. The number of amides is 1. The SMILES string of the molecule is COc1ccc(-c2nc(CN3CCNC(=O)C3)cs2)cc1. The van der Waals surface area contributed by atoms with Crippen molar-refractivity contribution in [2.24, 2.45) is 0 Å². The Kier molecular flexibility index (Phi) is 4.17. The number of thiazole rings is 1. The van der Waals surface area contributed by atoms with Gasteiger partial charge in [0.2, 0.25) is 5.91 Å². The molecule has 1 saturated heterocycles. The number of carbonyl (C=O) groups excluding carboxylic acids is 1. The number of hydrogen-bond donors (Lipinski definition) is 1. The molecular weight excluding hydrogens is 286 g/mol. The lowest BCUT2D eigenvalue weighted by Gasteiger charge is -2.25. The molecule has 0 unspecified atom stereocenters. The van der Waals surface area contributed by atoms with Crippen molar-refractivity contribution in [3.8, 4) is 16.3 Å². The number of nitrogens with zero attached hydrogens (tertiary/aromatic N) is 2. The molecule has 3 rings (SSSR count). The van der Waals surface area contributed by atoms with Gasteiger partial charge in [-0.2, -0.15) is 0 Å². The van der Waals surface area contributed by atoms with Crippen molar-refractivity contribution in [1.29, 1.82) is 0 Å². The Morgan fingerprint density at radius 2 is 2.19 bits per heavy atom. The first-order chi connectivity index (χ1) is 10.2. The summed E-state index contributed by atoms with van der Waals surface area (Å²) >= 11 is 1.63. The lowest BCUT2D eigenvalue weighted by Crippen LogP contribution is -2.47. The molecule has 1 aromatic heterocycles. The van der Waals surface area contributed by atoms with Crippen molar-refractivity contribution in [3.63, 3.8) is 0 Å². The van der Waals surface area contributed by atoms with Crippen LogP contribution in [0, 0.1) is 0 Å². The smallest absolute Gasteiger partial charge is 0.234 e. The molecule has 0 radical (unpaired) electrons. The summed E-state index contributed by atoms with van der Waals surface area (Å²) in [5.41, 5.74) is 2.10. The molecular formula is C15H17N3O2S. The van der Waals surface area contributed by atoms with Crippen LogP contribution in [0.25, 0.3) is 10.6 Å². The fourth-order valence-electron chi connectivity index (χ4n) is 2.30. The predicted octanol–water partition coefficient (Wildman–Crippen LogP) is 1.75. The molecule has 0 atom stereocenters. The third kappa shape index (κ3) is 3.40. The molecule has 0 saturated carbocycles. The minimum Gasteiger partial charge on any atom is -0.497 e. The summed E-state index contributed by atoms with van der Waals surface area (Å²) in [5, 5.41) is 5.89. The number of piperazine rings is 1. The first-order valence-electron chi connectivity index (χ1n) is 6.82. The number of methoxy groups -OCH3 is 1. The van der Waals surface area contributed by atoms with Gasteiger partial charge in [0.1, 0.15) is 10.8 Å². The molecule has 1 amide bonds. The molecule has 1 aromatic carbocycles. The molecule has 2 heterocycles. The van der Waals surface area contributed by atoms with Crippen LogP contribution >= 0.6 is 11.3 Å². The zero-order chi connectivity index (χ0) is 14.7. The Hall–Kier alpha value is -1.92. The maximum atomic E-state index is 11.4. The number of benzene rings is 1. The standard InChI is InChI=1S/C15H17N3O2S/c1-20-13-4-2-11(3-5-13)15-17-12(10-21-15)8-18-7-6-16-14(19)9-18/h2-5,10H,6-9H2,1H3,(H,16,19). The number of nitrogens with one attached hydrogen (secondary N) is 1. The van der Waals surface area contributed by atoms with Gasteiger partial charge in [0.05, 0.1) is 19.3 Å². The van der Waals surface area contributed by atoms with Crippen LogP contribution < -0.4 is 10.1 Å². The summed E-state index contributed by atoms with van der Waals surface area (Å²) in [6, 6.07) is 7.89. The third-order valence-electron chi connectivity index (χ3n) is 3.39. The van der Waals surface area contributed by atoms with E-state index >= 15 is 0 Å². The van der Waals surface area contributed by atoms with Gasteiger partial charge >= 0.3 is 0 Å². The van der Waals surface area contributed by atoms with Gasteiger partial charge in [-0.05, 0) is 24.3 Å². The maximum absolute atomic E-state index is 11.4. The quantitative estimate of drug-likeness (QED) is 0.935. The molecule has 1 aliphatic heterocycles. The summed E-state index contributed by atoms with van der Waals surface area (Å²) in [4.78, 5) is 18.1. The molecule has 1 N–H and O–H groups in total. The lowest BCUT2D eigenvalue weighted by atomic mass is 10.2. The molecule has 2 aromatic rings. The van der Waals surface area contributed by atoms with Gasteiger partial charge in [0.15, 0.2) is 0 Å². The second kappa shape index (κ2) is 6.24. The summed E-state index contributed by atoms with van der Waals surface area (Å²) in [5.74, 6) is 0.932. The first kappa shape index (κ1) is 14.0. The van der Waals surface area contributed by atoms with E-state index in [1.807, 2.05) is 24.3 Å². The Balaban J connectivity index is 1.69. The van der Waals surface area contributed by atoms with Crippen LogP contribution in [0.3, 0.4) is 0 Å². The lowest BCUT2D eigenvalue weighted by molar-refractivity contribution is -0.124. The summed E-state index contributed by atoms with van der Waals surface area (Å²) in [6.07, 6.45) is 0. The number of aromatic nitrogens is 1. The second-order valence-electron chi connectivity index (χ2n) is 4.93. The van der Waals surface area contributed by atoms with Gasteiger partial charge in [-0.15, -0.1) is 11.3 Å². The molecule has 6 heteroatoms. The minimum atomic E-state index is 0.0897. The fourth-order valence-corrected chi connectivity index (χ4v) is 3.12. The number of rotatable bonds is 4. The summed E-state index contributed by atoms with van der Waals surface area (Å²) in [7, 11) is 1.66. The van der Waals surface area contributed by atoms with Crippen molar-refractivity contribution in [1.82, 2.24) is 15.2 Å². The Morgan fingerprint density at radius 1 is 1.38 bits per heavy atom. The van der Waals surface area contributed by atoms with E-state index in [2.05, 4.69) is 20.6 Å². The highest BCUT2D eigenvalue weighted by Crippen LogP contribution is 2.26. The highest BCUT2D eigenvalue weighted by atomic mass is 32.1. The topological polar surface area (TPSA) is 54.5 Å². The zero-order valence-electron chi connectivity index (χ0n) is 11.8. The maximum Gasteiger partial charge on any atom is 0.234 e. The Labute approximate surface area is 127 Å². The summed E-state index contributed by atoms with van der Waals surface area (Å²) in [6.45, 7) is 2.77. The average Bonchev–Trinajstić information content (AvgIpc) is 2.96. The van der Waals surface area contributed by atoms with Gasteiger partial charge in [0.25, 0.3) is 0 Å². The van der Waals surface area contributed by atoms with Crippen LogP contribution in [0.2, 0.25) is 0 Å². The van der Waals surface area contributed by atoms with Crippen molar-refractivity contribution in [2.75, 3.05) is 26.7 Å². The molecule has 0 aliphatic carbocycles. The minimum absolute atomic E-state index is 0.0897. The van der Waals surface area contributed by atoms with Crippen molar-refractivity contribution >= 4 is 17.2 Å². The van der Waals surface area contributed by atoms with Gasteiger partial charge < -0.3 is 10.1 Å². The van der Waals surface area contributed by atoms with E-state index in [0.717, 1.165) is 35.1 Å². The Bertz CT molecular complexity index is 624. The van der Waals surface area contributed by atoms with E-state index in [4.69, 9.17) is 4.74 Å². The summed E-state index contributed by atoms with van der Waals surface area (Å²) < 4.78 is 5.16. The molecule has 110 valence electrons. The Morgan fingerprint density at radius 3 is 2.90 bits per heavy atom. The van der Waals surface area contributed by atoms with Crippen molar-refractivity contribution < 1.29 is 9.53 Å². The monoisotopic (exact) mass is 303 g/mol. The average molecular weight is 303 g/mol. The van der Waals surface area contributed by atoms with E-state index in [-0.39, 0.29) is 5.91 Å². The van der Waals surface area contributed by atoms with Crippen molar-refractivity contribution in [3.05, 3.63) is 35.3 Å². The first-order valence-corrected chi connectivity index (χ1v) is 7.70. The largest absolute Gasteiger partial charge is 0.497 e. The van der Waals surface area contributed by atoms with E-state index in [0.29, 0.717) is 13.1 Å². The second-order valence-corrected chi connectivity index (χ2v) is 5.79. The number of hydrogen-bond acceptors (Lipinski definition) is 5. The van der Waals surface area contributed by atoms with Crippen molar-refractivity contribution in [2.45, 2.75) is 6.54 Å². The predicted molar refractivity (Wildman–Crippen MR) is 82.4 cm³/mol. The fraction of sp³-hybridized carbons (Fsp3) is 0.333. The van der Waals surface area contributed by atoms with E-state index in [9.17, 15) is 4.79 Å². The van der Waals surface area contributed by atoms with Crippen LogP contribution in [-0.4, -0.2) is 42.5 Å². The van der Waals surface area contributed by atoms with E-state index in [1.165, 1.54) is 0 Å². The van der Waals surface area contributed by atoms with E-state index in [1.54, 1.807) is 18.4 Å². The van der Waals surface area contributed by atoms with Gasteiger partial charge in [0, 0.05) is 30.6 Å². The molecule has 21 heavy (non-hydrogen) atoms. The molecule has 1 fully saturated rings. The van der Waals surface area contributed by atoms with Gasteiger partial charge in [-0.25, -0.2) is 4.98 Å². The van der Waals surface area contributed by atoms with E-state index < -0.39 is 0 Å². The molecule has 1 aliphatic rings. The highest BCUT2D eigenvalue weighted by Gasteiger charge is 2.17. The highest BCUT2D eigenvalue weighted by molar-refractivity contribution is 7.13. The third-order valence-corrected chi connectivity index (χ3v) is 4.33.